The lowest BCUT2D eigenvalue weighted by Gasteiger charge is -2.14. The highest BCUT2D eigenvalue weighted by Crippen LogP contribution is 2.41. The van der Waals surface area contributed by atoms with E-state index in [-0.39, 0.29) is 11.7 Å². The van der Waals surface area contributed by atoms with Crippen LogP contribution in [0.15, 0.2) is 90.6 Å². The van der Waals surface area contributed by atoms with Gasteiger partial charge in [-0.05, 0) is 35.4 Å². The highest BCUT2D eigenvalue weighted by molar-refractivity contribution is 6.30. The number of carbonyl (C=O) groups is 1. The first-order valence-corrected chi connectivity index (χ1v) is 8.52. The van der Waals surface area contributed by atoms with Gasteiger partial charge in [0.15, 0.2) is 5.78 Å². The molecule has 3 aromatic carbocycles. The normalized spacial score (nSPS) is 17.6. The van der Waals surface area contributed by atoms with E-state index < -0.39 is 0 Å². The van der Waals surface area contributed by atoms with Gasteiger partial charge in [-0.3, -0.25) is 4.79 Å². The van der Waals surface area contributed by atoms with E-state index in [2.05, 4.69) is 17.4 Å². The van der Waals surface area contributed by atoms with Crippen LogP contribution in [0.2, 0.25) is 5.02 Å². The van der Waals surface area contributed by atoms with Gasteiger partial charge in [0.25, 0.3) is 0 Å². The summed E-state index contributed by atoms with van der Waals surface area (Å²) in [7, 11) is 0. The van der Waals surface area contributed by atoms with E-state index >= 15 is 0 Å². The average molecular weight is 346 g/mol. The van der Waals surface area contributed by atoms with Crippen LogP contribution in [0.1, 0.15) is 27.4 Å². The minimum atomic E-state index is -0.0512. The summed E-state index contributed by atoms with van der Waals surface area (Å²) in [6, 6.07) is 25.4. The second kappa shape index (κ2) is 6.58. The molecule has 0 saturated carbocycles. The molecule has 1 atom stereocenters. The lowest BCUT2D eigenvalue weighted by molar-refractivity contribution is 0.103. The van der Waals surface area contributed by atoms with Gasteiger partial charge in [-0.25, -0.2) is 0 Å². The van der Waals surface area contributed by atoms with Gasteiger partial charge < -0.3 is 5.32 Å². The third kappa shape index (κ3) is 2.97. The number of Topliss-reactive ketones (excluding diaryl/α,β-unsaturated/α-hetero) is 1. The van der Waals surface area contributed by atoms with E-state index in [1.165, 1.54) is 0 Å². The number of hydrogen-bond acceptors (Lipinski definition) is 2. The van der Waals surface area contributed by atoms with Crippen LogP contribution in [0, 0.1) is 0 Å². The Morgan fingerprint density at radius 2 is 1.52 bits per heavy atom. The molecule has 2 nitrogen and oxygen atoms in total. The average Bonchev–Trinajstić information content (AvgIpc) is 2.94. The fourth-order valence-electron chi connectivity index (χ4n) is 3.27. The second-order valence-corrected chi connectivity index (χ2v) is 6.45. The number of carbonyl (C=O) groups excluding carboxylic acids is 1. The first-order chi connectivity index (χ1) is 12.2. The molecule has 3 heteroatoms. The predicted molar refractivity (Wildman–Crippen MR) is 102 cm³/mol. The number of nitrogens with one attached hydrogen (secondary N) is 1. The summed E-state index contributed by atoms with van der Waals surface area (Å²) in [4.78, 5) is 12.9. The Morgan fingerprint density at radius 1 is 0.840 bits per heavy atom. The van der Waals surface area contributed by atoms with Crippen LogP contribution in [0.3, 0.4) is 0 Å². The van der Waals surface area contributed by atoms with Crippen LogP contribution in [0.5, 0.6) is 0 Å². The van der Waals surface area contributed by atoms with Gasteiger partial charge in [0, 0.05) is 34.0 Å². The molecule has 1 N–H and O–H groups in total. The number of fused-ring (bicyclic) bond motifs is 1. The van der Waals surface area contributed by atoms with Gasteiger partial charge in [-0.2, -0.15) is 0 Å². The maximum atomic E-state index is 12.9. The zero-order valence-electron chi connectivity index (χ0n) is 13.4. The molecule has 122 valence electrons. The molecule has 1 aliphatic carbocycles. The second-order valence-electron chi connectivity index (χ2n) is 6.01. The molecule has 0 amide bonds. The predicted octanol–water partition coefficient (Wildman–Crippen LogP) is 5.66. The number of halogens is 1. The van der Waals surface area contributed by atoms with E-state index in [1.54, 1.807) is 0 Å². The summed E-state index contributed by atoms with van der Waals surface area (Å²) in [5, 5.41) is 3.92. The Morgan fingerprint density at radius 3 is 2.28 bits per heavy atom. The molecule has 0 saturated heterocycles. The summed E-state index contributed by atoms with van der Waals surface area (Å²) in [5.74, 6) is 0.0237. The zero-order chi connectivity index (χ0) is 17.2. The number of rotatable bonds is 3. The molecule has 1 aliphatic rings. The summed E-state index contributed by atoms with van der Waals surface area (Å²) < 4.78 is 0. The zero-order valence-corrected chi connectivity index (χ0v) is 14.2. The van der Waals surface area contributed by atoms with E-state index in [9.17, 15) is 4.79 Å². The summed E-state index contributed by atoms with van der Waals surface area (Å²) >= 11 is 5.93. The number of ketones is 1. The fraction of sp³-hybridized carbons (Fsp3) is 0.0455. The van der Waals surface area contributed by atoms with Crippen molar-refractivity contribution in [2.45, 2.75) is 5.92 Å². The van der Waals surface area contributed by atoms with Crippen LogP contribution < -0.4 is 5.32 Å². The van der Waals surface area contributed by atoms with Crippen molar-refractivity contribution < 1.29 is 4.79 Å². The van der Waals surface area contributed by atoms with Crippen molar-refractivity contribution in [3.63, 3.8) is 0 Å². The van der Waals surface area contributed by atoms with Crippen molar-refractivity contribution in [3.8, 4) is 0 Å². The molecule has 0 spiro atoms. The number of allylic oxidation sites excluding steroid dienone is 1. The summed E-state index contributed by atoms with van der Waals surface area (Å²) in [6.45, 7) is 0. The van der Waals surface area contributed by atoms with Gasteiger partial charge in [0.1, 0.15) is 0 Å². The lowest BCUT2D eigenvalue weighted by Crippen LogP contribution is -2.05. The van der Waals surface area contributed by atoms with E-state index in [1.807, 2.05) is 72.9 Å². The fourth-order valence-corrected chi connectivity index (χ4v) is 3.40. The van der Waals surface area contributed by atoms with Crippen molar-refractivity contribution in [3.05, 3.63) is 112 Å². The van der Waals surface area contributed by atoms with Crippen molar-refractivity contribution in [2.24, 2.45) is 0 Å². The van der Waals surface area contributed by atoms with E-state index in [4.69, 9.17) is 11.6 Å². The smallest absolute Gasteiger partial charge is 0.191 e. The molecule has 0 aromatic heterocycles. The van der Waals surface area contributed by atoms with Crippen LogP contribution in [-0.4, -0.2) is 5.78 Å². The molecule has 25 heavy (non-hydrogen) atoms. The molecule has 3 aromatic rings. The molecule has 0 aliphatic heterocycles. The Hall–Kier alpha value is -2.84. The monoisotopic (exact) mass is 345 g/mol. The molecule has 0 radical (unpaired) electrons. The van der Waals surface area contributed by atoms with E-state index in [0.29, 0.717) is 5.02 Å². The van der Waals surface area contributed by atoms with Gasteiger partial charge in [0.2, 0.25) is 0 Å². The third-order valence-electron chi connectivity index (χ3n) is 4.46. The highest BCUT2D eigenvalue weighted by Gasteiger charge is 2.35. The van der Waals surface area contributed by atoms with E-state index in [0.717, 1.165) is 28.0 Å². The molecular weight excluding hydrogens is 330 g/mol. The van der Waals surface area contributed by atoms with Crippen molar-refractivity contribution in [1.82, 2.24) is 0 Å². The van der Waals surface area contributed by atoms with Crippen molar-refractivity contribution in [2.75, 3.05) is 5.32 Å². The molecule has 4 rings (SSSR count). The maximum absolute atomic E-state index is 12.9. The van der Waals surface area contributed by atoms with Gasteiger partial charge in [-0.1, -0.05) is 66.2 Å². The van der Waals surface area contributed by atoms with Crippen LogP contribution in [0.25, 0.3) is 0 Å². The van der Waals surface area contributed by atoms with Gasteiger partial charge in [0.05, 0.1) is 0 Å². The standard InChI is InChI=1S/C22H16ClNO/c23-16-10-12-17(13-11-16)24-14-20-21(15-6-2-1-3-7-15)18-8-4-5-9-19(18)22(20)25/h1-14,21,24H/b20-14+. The molecule has 0 bridgehead atoms. The first-order valence-electron chi connectivity index (χ1n) is 8.15. The van der Waals surface area contributed by atoms with Gasteiger partial charge in [-0.15, -0.1) is 0 Å². The quantitative estimate of drug-likeness (QED) is 0.620. The minimum absolute atomic E-state index is 0.0512. The van der Waals surface area contributed by atoms with Crippen LogP contribution in [-0.2, 0) is 0 Å². The highest BCUT2D eigenvalue weighted by atomic mass is 35.5. The number of hydrogen-bond donors (Lipinski definition) is 1. The Bertz CT molecular complexity index is 945. The lowest BCUT2D eigenvalue weighted by atomic mass is 9.90. The van der Waals surface area contributed by atoms with Gasteiger partial charge >= 0.3 is 0 Å². The summed E-state index contributed by atoms with van der Waals surface area (Å²) in [6.07, 6.45) is 1.82. The van der Waals surface area contributed by atoms with Crippen molar-refractivity contribution in [1.29, 1.82) is 0 Å². The molecular formula is C22H16ClNO. The minimum Gasteiger partial charge on any atom is -0.361 e. The Kier molecular flexibility index (Phi) is 4.12. The first kappa shape index (κ1) is 15.7. The molecule has 0 heterocycles. The van der Waals surface area contributed by atoms with Crippen LogP contribution in [0.4, 0.5) is 5.69 Å². The topological polar surface area (TPSA) is 29.1 Å². The number of benzene rings is 3. The maximum Gasteiger partial charge on any atom is 0.191 e. The third-order valence-corrected chi connectivity index (χ3v) is 4.71. The SMILES string of the molecule is O=C1/C(=C/Nc2ccc(Cl)cc2)C(c2ccccc2)c2ccccc21. The number of anilines is 1. The Labute approximate surface area is 151 Å². The van der Waals surface area contributed by atoms with Crippen molar-refractivity contribution >= 4 is 23.1 Å². The summed E-state index contributed by atoms with van der Waals surface area (Å²) in [5.41, 5.74) is 4.60. The van der Waals surface area contributed by atoms with Crippen LogP contribution >= 0.6 is 11.6 Å². The molecule has 1 unspecified atom stereocenters. The molecule has 0 fully saturated rings. The largest absolute Gasteiger partial charge is 0.361 e. The Balaban J connectivity index is 1.76.